The molecule has 128 valence electrons. The average Bonchev–Trinajstić information content (AvgIpc) is 2.55. The highest BCUT2D eigenvalue weighted by atomic mass is 79.9. The van der Waals surface area contributed by atoms with Crippen LogP contribution in [0.2, 0.25) is 5.02 Å². The zero-order valence-electron chi connectivity index (χ0n) is 12.5. The molecule has 3 aromatic rings. The second-order valence-electron chi connectivity index (χ2n) is 5.29. The molecule has 0 aliphatic rings. The Hall–Kier alpha value is -2.05. The third-order valence-electron chi connectivity index (χ3n) is 3.66. The van der Waals surface area contributed by atoms with E-state index < -0.39 is 17.6 Å². The number of hydrogen-bond acceptors (Lipinski definition) is 1. The number of halogens is 5. The molecule has 0 saturated carbocycles. The van der Waals surface area contributed by atoms with Gasteiger partial charge in [-0.25, -0.2) is 0 Å². The fourth-order valence-electron chi connectivity index (χ4n) is 2.45. The maximum Gasteiger partial charge on any atom is 0.416 e. The minimum absolute atomic E-state index is 0.117. The summed E-state index contributed by atoms with van der Waals surface area (Å²) in [5, 5.41) is 3.96. The molecule has 3 rings (SSSR count). The van der Waals surface area contributed by atoms with Crippen LogP contribution in [0, 0.1) is 0 Å². The van der Waals surface area contributed by atoms with Crippen LogP contribution in [-0.2, 0) is 6.18 Å². The van der Waals surface area contributed by atoms with Crippen molar-refractivity contribution in [2.45, 2.75) is 6.18 Å². The Bertz CT molecular complexity index is 972. The normalized spacial score (nSPS) is 11.6. The van der Waals surface area contributed by atoms with E-state index >= 15 is 0 Å². The van der Waals surface area contributed by atoms with Gasteiger partial charge in [-0.3, -0.25) is 4.79 Å². The van der Waals surface area contributed by atoms with Crippen molar-refractivity contribution in [3.05, 3.63) is 75.2 Å². The van der Waals surface area contributed by atoms with Gasteiger partial charge < -0.3 is 5.32 Å². The first-order valence-corrected chi connectivity index (χ1v) is 8.30. The molecule has 1 N–H and O–H groups in total. The van der Waals surface area contributed by atoms with E-state index in [1.807, 2.05) is 12.1 Å². The summed E-state index contributed by atoms with van der Waals surface area (Å²) in [5.74, 6) is -0.453. The molecule has 0 heterocycles. The average molecular weight is 429 g/mol. The first kappa shape index (κ1) is 17.8. The Morgan fingerprint density at radius 2 is 1.68 bits per heavy atom. The highest BCUT2D eigenvalue weighted by molar-refractivity contribution is 9.10. The molecule has 1 amide bonds. The van der Waals surface area contributed by atoms with Crippen molar-refractivity contribution in [2.75, 3.05) is 5.32 Å². The van der Waals surface area contributed by atoms with Crippen molar-refractivity contribution in [1.82, 2.24) is 0 Å². The van der Waals surface area contributed by atoms with Crippen LogP contribution >= 0.6 is 27.5 Å². The van der Waals surface area contributed by atoms with Crippen LogP contribution in [0.3, 0.4) is 0 Å². The lowest BCUT2D eigenvalue weighted by Crippen LogP contribution is -2.13. The zero-order chi connectivity index (χ0) is 18.2. The van der Waals surface area contributed by atoms with E-state index in [0.717, 1.165) is 33.4 Å². The van der Waals surface area contributed by atoms with Crippen molar-refractivity contribution >= 4 is 49.9 Å². The van der Waals surface area contributed by atoms with Crippen LogP contribution in [-0.4, -0.2) is 5.91 Å². The summed E-state index contributed by atoms with van der Waals surface area (Å²) in [6, 6.07) is 13.5. The number of rotatable bonds is 2. The number of amides is 1. The fourth-order valence-corrected chi connectivity index (χ4v) is 3.18. The molecular weight excluding hydrogens is 419 g/mol. The molecule has 0 unspecified atom stereocenters. The summed E-state index contributed by atoms with van der Waals surface area (Å²) in [7, 11) is 0. The van der Waals surface area contributed by atoms with Crippen LogP contribution in [0.25, 0.3) is 10.8 Å². The molecule has 0 aromatic heterocycles. The Morgan fingerprint density at radius 1 is 1.00 bits per heavy atom. The molecule has 25 heavy (non-hydrogen) atoms. The molecule has 0 aliphatic heterocycles. The molecular formula is C18H10BrClF3NO. The first-order chi connectivity index (χ1) is 11.8. The summed E-state index contributed by atoms with van der Waals surface area (Å²) in [6.45, 7) is 0. The molecule has 0 aliphatic carbocycles. The minimum atomic E-state index is -4.49. The largest absolute Gasteiger partial charge is 0.416 e. The van der Waals surface area contributed by atoms with E-state index in [0.29, 0.717) is 5.56 Å². The summed E-state index contributed by atoms with van der Waals surface area (Å²) in [4.78, 5) is 12.6. The Labute approximate surface area is 154 Å². The Kier molecular flexibility index (Phi) is 4.75. The lowest BCUT2D eigenvalue weighted by Gasteiger charge is -2.12. The van der Waals surface area contributed by atoms with E-state index in [-0.39, 0.29) is 10.7 Å². The van der Waals surface area contributed by atoms with Crippen LogP contribution in [0.15, 0.2) is 59.1 Å². The summed E-state index contributed by atoms with van der Waals surface area (Å²) in [5.41, 5.74) is -0.356. The second kappa shape index (κ2) is 6.69. The summed E-state index contributed by atoms with van der Waals surface area (Å²) in [6.07, 6.45) is -4.49. The van der Waals surface area contributed by atoms with Crippen LogP contribution in [0.4, 0.5) is 18.9 Å². The van der Waals surface area contributed by atoms with Crippen molar-refractivity contribution < 1.29 is 18.0 Å². The van der Waals surface area contributed by atoms with Gasteiger partial charge in [-0.05, 0) is 41.1 Å². The first-order valence-electron chi connectivity index (χ1n) is 7.13. The van der Waals surface area contributed by atoms with E-state index in [9.17, 15) is 18.0 Å². The van der Waals surface area contributed by atoms with E-state index in [1.54, 1.807) is 24.3 Å². The van der Waals surface area contributed by atoms with Crippen molar-refractivity contribution in [3.63, 3.8) is 0 Å². The van der Waals surface area contributed by atoms with E-state index in [1.165, 1.54) is 0 Å². The molecule has 0 fully saturated rings. The number of carbonyl (C=O) groups is 1. The SMILES string of the molecule is O=C(Nc1ccc(C(F)(F)F)cc1Cl)c1cccc2c(Br)cccc12. The summed E-state index contributed by atoms with van der Waals surface area (Å²) < 4.78 is 38.9. The fraction of sp³-hybridized carbons (Fsp3) is 0.0556. The maximum atomic E-state index is 12.7. The lowest BCUT2D eigenvalue weighted by atomic mass is 10.0. The van der Waals surface area contributed by atoms with E-state index in [4.69, 9.17) is 11.6 Å². The molecule has 7 heteroatoms. The smallest absolute Gasteiger partial charge is 0.321 e. The monoisotopic (exact) mass is 427 g/mol. The molecule has 0 saturated heterocycles. The van der Waals surface area contributed by atoms with Gasteiger partial charge >= 0.3 is 6.18 Å². The number of fused-ring (bicyclic) bond motifs is 1. The number of benzene rings is 3. The van der Waals surface area contributed by atoms with Gasteiger partial charge in [-0.2, -0.15) is 13.2 Å². The van der Waals surface area contributed by atoms with Crippen LogP contribution < -0.4 is 5.32 Å². The highest BCUT2D eigenvalue weighted by Crippen LogP contribution is 2.34. The van der Waals surface area contributed by atoms with Crippen molar-refractivity contribution in [3.8, 4) is 0 Å². The molecule has 0 spiro atoms. The number of nitrogens with one attached hydrogen (secondary N) is 1. The van der Waals surface area contributed by atoms with Gasteiger partial charge in [0.2, 0.25) is 0 Å². The standard InChI is InChI=1S/C18H10BrClF3NO/c19-14-6-2-3-11-12(14)4-1-5-13(11)17(25)24-16-8-7-10(9-15(16)20)18(21,22)23/h1-9H,(H,24,25). The second-order valence-corrected chi connectivity index (χ2v) is 6.55. The Morgan fingerprint density at radius 3 is 2.36 bits per heavy atom. The van der Waals surface area contributed by atoms with Crippen molar-refractivity contribution in [1.29, 1.82) is 0 Å². The molecule has 2 nitrogen and oxygen atoms in total. The number of anilines is 1. The van der Waals surface area contributed by atoms with Gasteiger partial charge in [0.1, 0.15) is 0 Å². The molecule has 0 bridgehead atoms. The van der Waals surface area contributed by atoms with E-state index in [2.05, 4.69) is 21.2 Å². The number of alkyl halides is 3. The molecule has 0 radical (unpaired) electrons. The lowest BCUT2D eigenvalue weighted by molar-refractivity contribution is -0.137. The third kappa shape index (κ3) is 3.65. The van der Waals surface area contributed by atoms with Crippen LogP contribution in [0.1, 0.15) is 15.9 Å². The van der Waals surface area contributed by atoms with Gasteiger partial charge in [0.15, 0.2) is 0 Å². The maximum absolute atomic E-state index is 12.7. The summed E-state index contributed by atoms with van der Waals surface area (Å²) >= 11 is 9.31. The minimum Gasteiger partial charge on any atom is -0.321 e. The van der Waals surface area contributed by atoms with Gasteiger partial charge in [-0.1, -0.05) is 51.8 Å². The molecule has 3 aromatic carbocycles. The van der Waals surface area contributed by atoms with Gasteiger partial charge in [0.05, 0.1) is 16.3 Å². The van der Waals surface area contributed by atoms with Gasteiger partial charge in [-0.15, -0.1) is 0 Å². The van der Waals surface area contributed by atoms with Crippen LogP contribution in [0.5, 0.6) is 0 Å². The van der Waals surface area contributed by atoms with Gasteiger partial charge in [0, 0.05) is 10.0 Å². The van der Waals surface area contributed by atoms with Crippen molar-refractivity contribution in [2.24, 2.45) is 0 Å². The highest BCUT2D eigenvalue weighted by Gasteiger charge is 2.31. The Balaban J connectivity index is 1.95. The topological polar surface area (TPSA) is 29.1 Å². The predicted molar refractivity (Wildman–Crippen MR) is 96.1 cm³/mol. The number of carbonyl (C=O) groups excluding carboxylic acids is 1. The van der Waals surface area contributed by atoms with Gasteiger partial charge in [0.25, 0.3) is 5.91 Å². The third-order valence-corrected chi connectivity index (χ3v) is 4.66. The zero-order valence-corrected chi connectivity index (χ0v) is 14.8. The predicted octanol–water partition coefficient (Wildman–Crippen LogP) is 6.53. The molecule has 0 atom stereocenters. The number of hydrogen-bond donors (Lipinski definition) is 1. The quantitative estimate of drug-likeness (QED) is 0.494.